The normalized spacial score (nSPS) is 23.6. The van der Waals surface area contributed by atoms with Crippen LogP contribution < -0.4 is 21.3 Å². The third kappa shape index (κ3) is 5.31. The van der Waals surface area contributed by atoms with Crippen LogP contribution in [-0.4, -0.2) is 54.0 Å². The molecule has 7 nitrogen and oxygen atoms in total. The molecule has 0 aromatic carbocycles. The van der Waals surface area contributed by atoms with Gasteiger partial charge in [-0.15, -0.1) is 0 Å². The quantitative estimate of drug-likeness (QED) is 0.494. The Labute approximate surface area is 171 Å². The van der Waals surface area contributed by atoms with Crippen molar-refractivity contribution in [3.8, 4) is 0 Å². The second-order valence-corrected chi connectivity index (χ2v) is 9.51. The molecular weight excluding hydrogens is 372 g/mol. The van der Waals surface area contributed by atoms with Crippen molar-refractivity contribution in [2.75, 3.05) is 37.3 Å². The molecule has 0 radical (unpaired) electrons. The second kappa shape index (κ2) is 9.49. The number of pyridine rings is 1. The molecule has 2 aliphatic heterocycles. The van der Waals surface area contributed by atoms with Crippen LogP contribution in [-0.2, 0) is 11.3 Å². The number of nitrogens with two attached hydrogens (primary N) is 1. The largest absolute Gasteiger partial charge is 0.369 e. The molecule has 1 unspecified atom stereocenters. The lowest BCUT2D eigenvalue weighted by atomic mass is 9.96. The lowest BCUT2D eigenvalue weighted by Crippen LogP contribution is -2.43. The number of amides is 1. The number of carbonyl (C=O) groups is 1. The SMILES string of the molecule is CN=C(NCc1cccnc1N1CCC(C(N)=O)CC1)NCC1(C)CCCS1. The first-order valence-electron chi connectivity index (χ1n) is 10.1. The average Bonchev–Trinajstić information content (AvgIpc) is 3.15. The van der Waals surface area contributed by atoms with Crippen LogP contribution in [0, 0.1) is 5.92 Å². The second-order valence-electron chi connectivity index (χ2n) is 7.83. The van der Waals surface area contributed by atoms with Crippen LogP contribution in [0.4, 0.5) is 5.82 Å². The van der Waals surface area contributed by atoms with Gasteiger partial charge in [0, 0.05) is 55.7 Å². The van der Waals surface area contributed by atoms with Gasteiger partial charge < -0.3 is 21.3 Å². The van der Waals surface area contributed by atoms with E-state index >= 15 is 0 Å². The molecular formula is C20H32N6OS. The Morgan fingerprint density at radius 1 is 1.43 bits per heavy atom. The highest BCUT2D eigenvalue weighted by Gasteiger charge is 2.29. The van der Waals surface area contributed by atoms with E-state index in [9.17, 15) is 4.79 Å². The molecule has 0 spiro atoms. The third-order valence-corrected chi connectivity index (χ3v) is 7.20. The average molecular weight is 405 g/mol. The van der Waals surface area contributed by atoms with Gasteiger partial charge >= 0.3 is 0 Å². The molecule has 1 atom stereocenters. The molecule has 1 aromatic heterocycles. The zero-order chi connectivity index (χ0) is 20.0. The molecule has 0 saturated carbocycles. The van der Waals surface area contributed by atoms with Gasteiger partial charge in [-0.1, -0.05) is 6.07 Å². The molecule has 0 aliphatic carbocycles. The number of thioether (sulfide) groups is 1. The summed E-state index contributed by atoms with van der Waals surface area (Å²) in [5, 5.41) is 6.89. The van der Waals surface area contributed by atoms with Gasteiger partial charge in [0.2, 0.25) is 5.91 Å². The predicted octanol–water partition coefficient (Wildman–Crippen LogP) is 1.73. The van der Waals surface area contributed by atoms with Crippen LogP contribution >= 0.6 is 11.8 Å². The van der Waals surface area contributed by atoms with Gasteiger partial charge in [-0.05, 0) is 44.4 Å². The Bertz CT molecular complexity index is 696. The first-order chi connectivity index (χ1) is 13.5. The van der Waals surface area contributed by atoms with Crippen LogP contribution in [0.1, 0.15) is 38.2 Å². The summed E-state index contributed by atoms with van der Waals surface area (Å²) in [5.74, 6) is 2.84. The molecule has 3 heterocycles. The first-order valence-corrected chi connectivity index (χ1v) is 11.1. The highest BCUT2D eigenvalue weighted by Crippen LogP contribution is 2.36. The Hall–Kier alpha value is -1.96. The van der Waals surface area contributed by atoms with Crippen LogP contribution in [0.2, 0.25) is 0 Å². The van der Waals surface area contributed by atoms with Crippen molar-refractivity contribution in [3.05, 3.63) is 23.9 Å². The van der Waals surface area contributed by atoms with Crippen molar-refractivity contribution < 1.29 is 4.79 Å². The number of aliphatic imine (C=N–C) groups is 1. The van der Waals surface area contributed by atoms with Gasteiger partial charge in [0.25, 0.3) is 0 Å². The number of piperidine rings is 1. The Morgan fingerprint density at radius 3 is 2.86 bits per heavy atom. The molecule has 2 aliphatic rings. The summed E-state index contributed by atoms with van der Waals surface area (Å²) in [6.07, 6.45) is 5.94. The molecule has 154 valence electrons. The summed E-state index contributed by atoms with van der Waals surface area (Å²) in [6.45, 7) is 5.50. The predicted molar refractivity (Wildman–Crippen MR) is 117 cm³/mol. The van der Waals surface area contributed by atoms with Crippen molar-refractivity contribution in [1.29, 1.82) is 0 Å². The lowest BCUT2D eigenvalue weighted by Gasteiger charge is -2.32. The number of aromatic nitrogens is 1. The van der Waals surface area contributed by atoms with E-state index in [1.165, 1.54) is 18.6 Å². The maximum atomic E-state index is 11.4. The number of nitrogens with one attached hydrogen (secondary N) is 2. The van der Waals surface area contributed by atoms with E-state index in [-0.39, 0.29) is 11.8 Å². The number of carbonyl (C=O) groups excluding carboxylic acids is 1. The van der Waals surface area contributed by atoms with Gasteiger partial charge in [0.05, 0.1) is 0 Å². The third-order valence-electron chi connectivity index (χ3n) is 5.66. The highest BCUT2D eigenvalue weighted by molar-refractivity contribution is 8.00. The van der Waals surface area contributed by atoms with Gasteiger partial charge in [0.1, 0.15) is 5.82 Å². The Balaban J connectivity index is 1.56. The van der Waals surface area contributed by atoms with Crippen molar-refractivity contribution in [2.24, 2.45) is 16.6 Å². The molecule has 8 heteroatoms. The minimum absolute atomic E-state index is 0.0145. The summed E-state index contributed by atoms with van der Waals surface area (Å²) in [6, 6.07) is 4.06. The zero-order valence-corrected chi connectivity index (χ0v) is 17.7. The van der Waals surface area contributed by atoms with Crippen molar-refractivity contribution in [2.45, 2.75) is 43.9 Å². The molecule has 3 rings (SSSR count). The minimum Gasteiger partial charge on any atom is -0.369 e. The van der Waals surface area contributed by atoms with Crippen LogP contribution in [0.25, 0.3) is 0 Å². The summed E-state index contributed by atoms with van der Waals surface area (Å²) in [7, 11) is 1.80. The summed E-state index contributed by atoms with van der Waals surface area (Å²) in [5.41, 5.74) is 6.58. The fraction of sp³-hybridized carbons (Fsp3) is 0.650. The molecule has 1 amide bonds. The number of nitrogens with zero attached hydrogens (tertiary/aromatic N) is 3. The van der Waals surface area contributed by atoms with Gasteiger partial charge in [-0.3, -0.25) is 9.79 Å². The van der Waals surface area contributed by atoms with E-state index in [0.717, 1.165) is 49.8 Å². The zero-order valence-electron chi connectivity index (χ0n) is 16.9. The fourth-order valence-corrected chi connectivity index (χ4v) is 5.12. The number of anilines is 1. The summed E-state index contributed by atoms with van der Waals surface area (Å²) in [4.78, 5) is 22.6. The number of guanidine groups is 1. The number of rotatable bonds is 6. The number of primary amides is 1. The minimum atomic E-state index is -0.188. The van der Waals surface area contributed by atoms with E-state index in [2.05, 4.69) is 38.5 Å². The molecule has 28 heavy (non-hydrogen) atoms. The maximum Gasteiger partial charge on any atom is 0.220 e. The number of hydrogen-bond donors (Lipinski definition) is 3. The molecule has 1 aromatic rings. The summed E-state index contributed by atoms with van der Waals surface area (Å²) < 4.78 is 0.294. The van der Waals surface area contributed by atoms with E-state index < -0.39 is 0 Å². The molecule has 2 fully saturated rings. The van der Waals surface area contributed by atoms with E-state index in [4.69, 9.17) is 5.73 Å². The van der Waals surface area contributed by atoms with Gasteiger partial charge in [0.15, 0.2) is 5.96 Å². The first kappa shape index (κ1) is 20.8. The molecule has 2 saturated heterocycles. The van der Waals surface area contributed by atoms with Gasteiger partial charge in [-0.25, -0.2) is 4.98 Å². The standard InChI is InChI=1S/C20H32N6OS/c1-20(8-4-12-28-20)14-25-19(22-2)24-13-16-5-3-9-23-18(16)26-10-6-15(7-11-26)17(21)27/h3,5,9,15H,4,6-8,10-14H2,1-2H3,(H2,21,27)(H2,22,24,25). The highest BCUT2D eigenvalue weighted by atomic mass is 32.2. The maximum absolute atomic E-state index is 11.4. The lowest BCUT2D eigenvalue weighted by molar-refractivity contribution is -0.122. The Kier molecular flexibility index (Phi) is 7.04. The molecule has 0 bridgehead atoms. The van der Waals surface area contributed by atoms with E-state index in [1.54, 1.807) is 7.05 Å². The smallest absolute Gasteiger partial charge is 0.220 e. The topological polar surface area (TPSA) is 95.6 Å². The van der Waals surface area contributed by atoms with Crippen LogP contribution in [0.5, 0.6) is 0 Å². The van der Waals surface area contributed by atoms with Crippen molar-refractivity contribution in [1.82, 2.24) is 15.6 Å². The monoisotopic (exact) mass is 404 g/mol. The van der Waals surface area contributed by atoms with Crippen molar-refractivity contribution >= 4 is 29.4 Å². The van der Waals surface area contributed by atoms with E-state index in [1.807, 2.05) is 24.0 Å². The van der Waals surface area contributed by atoms with E-state index in [0.29, 0.717) is 11.3 Å². The Morgan fingerprint density at radius 2 is 2.21 bits per heavy atom. The summed E-state index contributed by atoms with van der Waals surface area (Å²) >= 11 is 2.04. The van der Waals surface area contributed by atoms with Crippen LogP contribution in [0.15, 0.2) is 23.3 Å². The van der Waals surface area contributed by atoms with Gasteiger partial charge in [-0.2, -0.15) is 11.8 Å². The number of hydrogen-bond acceptors (Lipinski definition) is 5. The fourth-order valence-electron chi connectivity index (χ4n) is 3.88. The van der Waals surface area contributed by atoms with Crippen molar-refractivity contribution in [3.63, 3.8) is 0 Å². The molecule has 4 N–H and O–H groups in total. The van der Waals surface area contributed by atoms with Crippen LogP contribution in [0.3, 0.4) is 0 Å².